The number of thiazole rings is 1. The molecule has 0 radical (unpaired) electrons. The maximum Gasteiger partial charge on any atom is 0.268 e. The summed E-state index contributed by atoms with van der Waals surface area (Å²) in [7, 11) is 0. The molecule has 1 unspecified atom stereocenters. The number of halogens is 1. The second-order valence-corrected chi connectivity index (χ2v) is 7.53. The molecule has 27 heavy (non-hydrogen) atoms. The van der Waals surface area contributed by atoms with Gasteiger partial charge < -0.3 is 9.64 Å². The Kier molecular flexibility index (Phi) is 4.66. The predicted molar refractivity (Wildman–Crippen MR) is 105 cm³/mol. The Hall–Kier alpha value is -2.73. The lowest BCUT2D eigenvalue weighted by Gasteiger charge is -2.34. The van der Waals surface area contributed by atoms with Crippen LogP contribution in [-0.2, 0) is 11.3 Å². The first kappa shape index (κ1) is 17.7. The van der Waals surface area contributed by atoms with E-state index in [0.717, 1.165) is 16.3 Å². The number of aromatic nitrogens is 1. The summed E-state index contributed by atoms with van der Waals surface area (Å²) in [6.07, 6.45) is -0.00403. The fourth-order valence-corrected chi connectivity index (χ4v) is 3.82. The Bertz CT molecular complexity index is 1000. The quantitative estimate of drug-likeness (QED) is 0.640. The van der Waals surface area contributed by atoms with Gasteiger partial charge in [-0.15, -0.1) is 11.3 Å². The highest BCUT2D eigenvalue weighted by molar-refractivity contribution is 7.09. The van der Waals surface area contributed by atoms with Crippen LogP contribution in [0.15, 0.2) is 47.8 Å². The summed E-state index contributed by atoms with van der Waals surface area (Å²) in [5.74, 6) is 0.158. The lowest BCUT2D eigenvalue weighted by molar-refractivity contribution is -0.126. The van der Waals surface area contributed by atoms with E-state index in [4.69, 9.17) is 4.74 Å². The molecule has 3 aromatic rings. The third-order valence-electron chi connectivity index (χ3n) is 4.63. The van der Waals surface area contributed by atoms with Crippen LogP contribution < -0.4 is 9.64 Å². The van der Waals surface area contributed by atoms with Gasteiger partial charge in [0.05, 0.1) is 22.9 Å². The molecule has 4 nitrogen and oxygen atoms in total. The molecule has 0 bridgehead atoms. The highest BCUT2D eigenvalue weighted by atomic mass is 32.1. The van der Waals surface area contributed by atoms with E-state index in [1.54, 1.807) is 34.4 Å². The Balaban J connectivity index is 1.78. The van der Waals surface area contributed by atoms with Crippen LogP contribution in [0.1, 0.15) is 23.9 Å². The normalized spacial score (nSPS) is 16.2. The predicted octanol–water partition coefficient (Wildman–Crippen LogP) is 4.96. The van der Waals surface area contributed by atoms with E-state index in [9.17, 15) is 9.18 Å². The lowest BCUT2D eigenvalue weighted by atomic mass is 10.1. The molecule has 0 N–H and O–H groups in total. The topological polar surface area (TPSA) is 42.4 Å². The molecule has 0 aliphatic carbocycles. The SMILES string of the molecule is CCC1Oc2ccc(-c3csc(C)n3)cc2N(Cc2ccccc2F)C1=O. The van der Waals surface area contributed by atoms with Crippen molar-refractivity contribution in [1.29, 1.82) is 0 Å². The summed E-state index contributed by atoms with van der Waals surface area (Å²) in [5.41, 5.74) is 2.89. The van der Waals surface area contributed by atoms with Gasteiger partial charge in [0.1, 0.15) is 11.6 Å². The van der Waals surface area contributed by atoms with Crippen LogP contribution in [0.2, 0.25) is 0 Å². The molecular formula is C21H19FN2O2S. The van der Waals surface area contributed by atoms with Crippen molar-refractivity contribution in [1.82, 2.24) is 4.98 Å². The van der Waals surface area contributed by atoms with Gasteiger partial charge in [-0.2, -0.15) is 0 Å². The standard InChI is InChI=1S/C21H19FN2O2S/c1-3-19-21(25)24(11-15-6-4-5-7-16(15)22)18-10-14(8-9-20(18)26-19)17-12-27-13(2)23-17/h4-10,12,19H,3,11H2,1-2H3. The molecule has 1 aliphatic rings. The van der Waals surface area contributed by atoms with Gasteiger partial charge in [0.25, 0.3) is 5.91 Å². The van der Waals surface area contributed by atoms with Crippen molar-refractivity contribution < 1.29 is 13.9 Å². The summed E-state index contributed by atoms with van der Waals surface area (Å²) >= 11 is 1.57. The number of carbonyl (C=O) groups is 1. The minimum atomic E-state index is -0.559. The molecule has 2 heterocycles. The molecular weight excluding hydrogens is 363 g/mol. The summed E-state index contributed by atoms with van der Waals surface area (Å²) in [6, 6.07) is 12.2. The van der Waals surface area contributed by atoms with Gasteiger partial charge in [-0.1, -0.05) is 25.1 Å². The third kappa shape index (κ3) is 3.32. The van der Waals surface area contributed by atoms with E-state index >= 15 is 0 Å². The first-order valence-electron chi connectivity index (χ1n) is 8.85. The van der Waals surface area contributed by atoms with Gasteiger partial charge in [-0.3, -0.25) is 4.79 Å². The number of aryl methyl sites for hydroxylation is 1. The number of hydrogen-bond donors (Lipinski definition) is 0. The Morgan fingerprint density at radius 2 is 2.07 bits per heavy atom. The van der Waals surface area contributed by atoms with Gasteiger partial charge in [0.15, 0.2) is 6.10 Å². The molecule has 2 aromatic carbocycles. The maximum absolute atomic E-state index is 14.2. The van der Waals surface area contributed by atoms with Crippen LogP contribution in [0.3, 0.4) is 0 Å². The Labute approximate surface area is 161 Å². The summed E-state index contributed by atoms with van der Waals surface area (Å²) in [5, 5.41) is 2.96. The number of carbonyl (C=O) groups excluding carboxylic acids is 1. The van der Waals surface area contributed by atoms with E-state index in [2.05, 4.69) is 4.98 Å². The van der Waals surface area contributed by atoms with Crippen molar-refractivity contribution in [3.63, 3.8) is 0 Å². The lowest BCUT2D eigenvalue weighted by Crippen LogP contribution is -2.45. The summed E-state index contributed by atoms with van der Waals surface area (Å²) in [4.78, 5) is 19.1. The van der Waals surface area contributed by atoms with Crippen molar-refractivity contribution in [2.45, 2.75) is 32.9 Å². The molecule has 1 aromatic heterocycles. The van der Waals surface area contributed by atoms with Crippen molar-refractivity contribution in [3.05, 3.63) is 64.2 Å². The van der Waals surface area contributed by atoms with Crippen molar-refractivity contribution in [2.24, 2.45) is 0 Å². The van der Waals surface area contributed by atoms with E-state index in [1.165, 1.54) is 6.07 Å². The highest BCUT2D eigenvalue weighted by Crippen LogP contribution is 2.39. The highest BCUT2D eigenvalue weighted by Gasteiger charge is 2.34. The number of nitrogens with zero attached hydrogens (tertiary/aromatic N) is 2. The monoisotopic (exact) mass is 382 g/mol. The second-order valence-electron chi connectivity index (χ2n) is 6.46. The zero-order chi connectivity index (χ0) is 19.0. The molecule has 0 spiro atoms. The largest absolute Gasteiger partial charge is 0.478 e. The van der Waals surface area contributed by atoms with Crippen molar-refractivity contribution in [3.8, 4) is 17.0 Å². The number of rotatable bonds is 4. The Morgan fingerprint density at radius 3 is 2.78 bits per heavy atom. The van der Waals surface area contributed by atoms with E-state index < -0.39 is 6.10 Å². The molecule has 0 fully saturated rings. The fraction of sp³-hybridized carbons (Fsp3) is 0.238. The number of hydrogen-bond acceptors (Lipinski definition) is 4. The average Bonchev–Trinajstić information content (AvgIpc) is 3.11. The average molecular weight is 382 g/mol. The molecule has 4 rings (SSSR count). The van der Waals surface area contributed by atoms with E-state index in [0.29, 0.717) is 23.4 Å². The third-order valence-corrected chi connectivity index (χ3v) is 5.41. The number of amides is 1. The van der Waals surface area contributed by atoms with Crippen LogP contribution in [-0.4, -0.2) is 17.0 Å². The number of benzene rings is 2. The summed E-state index contributed by atoms with van der Waals surface area (Å²) < 4.78 is 20.1. The van der Waals surface area contributed by atoms with Gasteiger partial charge in [-0.05, 0) is 37.6 Å². The number of fused-ring (bicyclic) bond motifs is 1. The summed E-state index contributed by atoms with van der Waals surface area (Å²) in [6.45, 7) is 4.02. The molecule has 6 heteroatoms. The number of anilines is 1. The molecule has 1 amide bonds. The zero-order valence-corrected chi connectivity index (χ0v) is 15.9. The van der Waals surface area contributed by atoms with Crippen LogP contribution in [0.5, 0.6) is 5.75 Å². The van der Waals surface area contributed by atoms with Crippen molar-refractivity contribution in [2.75, 3.05) is 4.90 Å². The van der Waals surface area contributed by atoms with Crippen molar-refractivity contribution >= 4 is 22.9 Å². The minimum absolute atomic E-state index is 0.153. The van der Waals surface area contributed by atoms with Crippen LogP contribution in [0, 0.1) is 12.7 Å². The van der Waals surface area contributed by atoms with E-state index in [-0.39, 0.29) is 18.3 Å². The van der Waals surface area contributed by atoms with Crippen LogP contribution >= 0.6 is 11.3 Å². The van der Waals surface area contributed by atoms with Gasteiger partial charge in [0, 0.05) is 16.5 Å². The van der Waals surface area contributed by atoms with Gasteiger partial charge in [-0.25, -0.2) is 9.37 Å². The smallest absolute Gasteiger partial charge is 0.268 e. The minimum Gasteiger partial charge on any atom is -0.478 e. The molecule has 1 aliphatic heterocycles. The zero-order valence-electron chi connectivity index (χ0n) is 15.1. The van der Waals surface area contributed by atoms with E-state index in [1.807, 2.05) is 37.4 Å². The molecule has 138 valence electrons. The van der Waals surface area contributed by atoms with Gasteiger partial charge in [0.2, 0.25) is 0 Å². The molecule has 0 saturated heterocycles. The van der Waals surface area contributed by atoms with Crippen LogP contribution in [0.25, 0.3) is 11.3 Å². The Morgan fingerprint density at radius 1 is 1.26 bits per heavy atom. The first-order chi connectivity index (χ1) is 13.1. The first-order valence-corrected chi connectivity index (χ1v) is 9.72. The molecule has 1 atom stereocenters. The maximum atomic E-state index is 14.2. The molecule has 0 saturated carbocycles. The number of ether oxygens (including phenoxy) is 1. The fourth-order valence-electron chi connectivity index (χ4n) is 3.20. The van der Waals surface area contributed by atoms with Crippen LogP contribution in [0.4, 0.5) is 10.1 Å². The second kappa shape index (κ2) is 7.12. The van der Waals surface area contributed by atoms with Gasteiger partial charge >= 0.3 is 0 Å².